The highest BCUT2D eigenvalue weighted by Crippen LogP contribution is 2.34. The van der Waals surface area contributed by atoms with E-state index in [0.29, 0.717) is 29.2 Å². The van der Waals surface area contributed by atoms with Gasteiger partial charge in [-0.05, 0) is 54.4 Å². The quantitative estimate of drug-likeness (QED) is 0.438. The molecule has 0 bridgehead atoms. The Labute approximate surface area is 183 Å². The molecule has 0 atom stereocenters. The molecule has 1 saturated heterocycles. The number of carbonyl (C=O) groups excluding carboxylic acids is 3. The van der Waals surface area contributed by atoms with Gasteiger partial charge in [-0.3, -0.25) is 14.5 Å². The van der Waals surface area contributed by atoms with Crippen LogP contribution in [0.15, 0.2) is 53.4 Å². The first kappa shape index (κ1) is 21.9. The lowest BCUT2D eigenvalue weighted by Crippen LogP contribution is -2.30. The Hall–Kier alpha value is -2.77. The van der Waals surface area contributed by atoms with Crippen molar-refractivity contribution in [3.63, 3.8) is 0 Å². The van der Waals surface area contributed by atoms with Crippen LogP contribution in [-0.4, -0.2) is 41.8 Å². The Bertz CT molecular complexity index is 977. The third-order valence-corrected chi connectivity index (χ3v) is 5.45. The summed E-state index contributed by atoms with van der Waals surface area (Å²) in [5.41, 5.74) is 1.71. The fraction of sp³-hybridized carbons (Fsp3) is 0.227. The summed E-state index contributed by atoms with van der Waals surface area (Å²) in [4.78, 5) is 37.9. The molecule has 2 aromatic carbocycles. The lowest BCUT2D eigenvalue weighted by Gasteiger charge is -2.12. The van der Waals surface area contributed by atoms with Crippen molar-refractivity contribution in [1.29, 1.82) is 0 Å². The van der Waals surface area contributed by atoms with Gasteiger partial charge in [0.15, 0.2) is 6.61 Å². The molecule has 0 unspecified atom stereocenters. The summed E-state index contributed by atoms with van der Waals surface area (Å²) in [7, 11) is 0. The molecule has 156 valence electrons. The van der Waals surface area contributed by atoms with Crippen LogP contribution < -0.4 is 4.74 Å². The van der Waals surface area contributed by atoms with Gasteiger partial charge in [0, 0.05) is 6.54 Å². The van der Waals surface area contributed by atoms with Crippen molar-refractivity contribution in [2.75, 3.05) is 19.8 Å². The number of esters is 1. The molecular formula is C22H20ClNO5S. The standard InChI is InChI=1S/C22H20ClNO5S/c1-2-28-20(25)14-29-18-9-8-16(12-17(18)23)13-19-21(26)24(22(27)30-19)11-10-15-6-4-3-5-7-15/h3-9,12-13H,2,10-11,14H2,1H3/b19-13-. The SMILES string of the molecule is CCOC(=O)COc1ccc(/C=C2\SC(=O)N(CCc3ccccc3)C2=O)cc1Cl. The average molecular weight is 446 g/mol. The molecule has 1 fully saturated rings. The first-order chi connectivity index (χ1) is 14.5. The molecule has 1 heterocycles. The van der Waals surface area contributed by atoms with E-state index in [1.165, 1.54) is 4.90 Å². The second-order valence-electron chi connectivity index (χ2n) is 6.35. The fourth-order valence-corrected chi connectivity index (χ4v) is 3.90. The molecule has 30 heavy (non-hydrogen) atoms. The third-order valence-electron chi connectivity index (χ3n) is 4.25. The van der Waals surface area contributed by atoms with E-state index >= 15 is 0 Å². The number of rotatable bonds is 8. The van der Waals surface area contributed by atoms with Gasteiger partial charge in [0.2, 0.25) is 0 Å². The van der Waals surface area contributed by atoms with Gasteiger partial charge in [0.1, 0.15) is 5.75 Å². The molecular weight excluding hydrogens is 426 g/mol. The number of ether oxygens (including phenoxy) is 2. The predicted octanol–water partition coefficient (Wildman–Crippen LogP) is 4.56. The van der Waals surface area contributed by atoms with Gasteiger partial charge < -0.3 is 9.47 Å². The second kappa shape index (κ2) is 10.3. The molecule has 2 aromatic rings. The minimum absolute atomic E-state index is 0.243. The third kappa shape index (κ3) is 5.64. The van der Waals surface area contributed by atoms with Crippen molar-refractivity contribution >= 4 is 46.6 Å². The van der Waals surface area contributed by atoms with Crippen molar-refractivity contribution in [2.45, 2.75) is 13.3 Å². The van der Waals surface area contributed by atoms with E-state index in [0.717, 1.165) is 17.3 Å². The van der Waals surface area contributed by atoms with Gasteiger partial charge in [-0.15, -0.1) is 0 Å². The van der Waals surface area contributed by atoms with Crippen LogP contribution in [0.1, 0.15) is 18.1 Å². The zero-order chi connectivity index (χ0) is 21.5. The van der Waals surface area contributed by atoms with Gasteiger partial charge in [0.05, 0.1) is 16.5 Å². The number of amides is 2. The van der Waals surface area contributed by atoms with Crippen molar-refractivity contribution in [3.05, 3.63) is 69.6 Å². The second-order valence-corrected chi connectivity index (χ2v) is 7.75. The minimum atomic E-state index is -0.484. The van der Waals surface area contributed by atoms with Crippen molar-refractivity contribution in [3.8, 4) is 5.75 Å². The molecule has 0 spiro atoms. The van der Waals surface area contributed by atoms with Crippen molar-refractivity contribution < 1.29 is 23.9 Å². The maximum atomic E-state index is 12.6. The summed E-state index contributed by atoms with van der Waals surface area (Å²) in [5, 5.41) is -0.000905. The zero-order valence-electron chi connectivity index (χ0n) is 16.3. The van der Waals surface area contributed by atoms with Gasteiger partial charge in [-0.2, -0.15) is 0 Å². The van der Waals surface area contributed by atoms with E-state index in [1.54, 1.807) is 31.2 Å². The molecule has 0 saturated carbocycles. The molecule has 2 amide bonds. The molecule has 0 N–H and O–H groups in total. The van der Waals surface area contributed by atoms with Gasteiger partial charge in [-0.1, -0.05) is 48.0 Å². The number of hydrogen-bond acceptors (Lipinski definition) is 6. The first-order valence-electron chi connectivity index (χ1n) is 9.35. The lowest BCUT2D eigenvalue weighted by molar-refractivity contribution is -0.145. The number of benzene rings is 2. The average Bonchev–Trinajstić information content (AvgIpc) is 2.99. The van der Waals surface area contributed by atoms with E-state index < -0.39 is 5.97 Å². The Balaban J connectivity index is 1.64. The topological polar surface area (TPSA) is 72.9 Å². The summed E-state index contributed by atoms with van der Waals surface area (Å²) in [6, 6.07) is 14.6. The van der Waals surface area contributed by atoms with Crippen LogP contribution in [0.2, 0.25) is 5.02 Å². The zero-order valence-corrected chi connectivity index (χ0v) is 17.9. The molecule has 3 rings (SSSR count). The van der Waals surface area contributed by atoms with E-state index in [-0.39, 0.29) is 29.4 Å². The lowest BCUT2D eigenvalue weighted by atomic mass is 10.1. The molecule has 1 aliphatic rings. The number of hydrogen-bond donors (Lipinski definition) is 0. The summed E-state index contributed by atoms with van der Waals surface area (Å²) in [6.07, 6.45) is 2.22. The number of halogens is 1. The molecule has 8 heteroatoms. The molecule has 1 aliphatic heterocycles. The minimum Gasteiger partial charge on any atom is -0.480 e. The van der Waals surface area contributed by atoms with E-state index in [2.05, 4.69) is 0 Å². The number of carbonyl (C=O) groups is 3. The van der Waals surface area contributed by atoms with Gasteiger partial charge in [-0.25, -0.2) is 4.79 Å². The van der Waals surface area contributed by atoms with Crippen LogP contribution in [0.4, 0.5) is 4.79 Å². The van der Waals surface area contributed by atoms with E-state index in [4.69, 9.17) is 21.1 Å². The Kier molecular flexibility index (Phi) is 7.54. The number of imide groups is 1. The highest BCUT2D eigenvalue weighted by molar-refractivity contribution is 8.18. The maximum Gasteiger partial charge on any atom is 0.344 e. The Morgan fingerprint density at radius 3 is 2.63 bits per heavy atom. The normalized spacial score (nSPS) is 15.0. The van der Waals surface area contributed by atoms with Crippen LogP contribution in [0.3, 0.4) is 0 Å². The van der Waals surface area contributed by atoms with E-state index in [9.17, 15) is 14.4 Å². The highest BCUT2D eigenvalue weighted by atomic mass is 35.5. The van der Waals surface area contributed by atoms with Gasteiger partial charge >= 0.3 is 5.97 Å². The van der Waals surface area contributed by atoms with Crippen LogP contribution in [0, 0.1) is 0 Å². The highest BCUT2D eigenvalue weighted by Gasteiger charge is 2.34. The fourth-order valence-electron chi connectivity index (χ4n) is 2.79. The molecule has 0 aliphatic carbocycles. The number of nitrogens with zero attached hydrogens (tertiary/aromatic N) is 1. The van der Waals surface area contributed by atoms with Crippen LogP contribution in [0.25, 0.3) is 6.08 Å². The molecule has 0 aromatic heterocycles. The smallest absolute Gasteiger partial charge is 0.344 e. The molecule has 6 nitrogen and oxygen atoms in total. The van der Waals surface area contributed by atoms with E-state index in [1.807, 2.05) is 30.3 Å². The van der Waals surface area contributed by atoms with Gasteiger partial charge in [0.25, 0.3) is 11.1 Å². The first-order valence-corrected chi connectivity index (χ1v) is 10.5. The molecule has 0 radical (unpaired) electrons. The summed E-state index contributed by atoms with van der Waals surface area (Å²) < 4.78 is 10.1. The summed E-state index contributed by atoms with van der Waals surface area (Å²) >= 11 is 7.12. The Morgan fingerprint density at radius 2 is 1.93 bits per heavy atom. The monoisotopic (exact) mass is 445 g/mol. The summed E-state index contributed by atoms with van der Waals surface area (Å²) in [5.74, 6) is -0.473. The van der Waals surface area contributed by atoms with Crippen LogP contribution >= 0.6 is 23.4 Å². The van der Waals surface area contributed by atoms with Crippen LogP contribution in [0.5, 0.6) is 5.75 Å². The Morgan fingerprint density at radius 1 is 1.17 bits per heavy atom. The van der Waals surface area contributed by atoms with Crippen molar-refractivity contribution in [1.82, 2.24) is 4.90 Å². The number of thioether (sulfide) groups is 1. The predicted molar refractivity (Wildman–Crippen MR) is 116 cm³/mol. The van der Waals surface area contributed by atoms with Crippen LogP contribution in [-0.2, 0) is 20.7 Å². The summed E-state index contributed by atoms with van der Waals surface area (Å²) in [6.45, 7) is 2.07. The largest absolute Gasteiger partial charge is 0.480 e. The maximum absolute atomic E-state index is 12.6. The van der Waals surface area contributed by atoms with Crippen molar-refractivity contribution in [2.24, 2.45) is 0 Å².